The van der Waals surface area contributed by atoms with Crippen LogP contribution in [0.15, 0.2) is 177 Å². The number of amides is 1. The van der Waals surface area contributed by atoms with Crippen molar-refractivity contribution in [2.75, 3.05) is 0 Å². The first-order valence-electron chi connectivity index (χ1n) is 17.3. The first-order chi connectivity index (χ1) is 25.6. The topological polar surface area (TPSA) is 74.3 Å². The molecule has 52 heavy (non-hydrogen) atoms. The predicted octanol–water partition coefficient (Wildman–Crippen LogP) is 8.89. The van der Waals surface area contributed by atoms with Crippen molar-refractivity contribution in [3.8, 4) is 0 Å². The Kier molecular flexibility index (Phi) is 14.7. The molecular formula is C45H45NO6. The molecule has 0 heterocycles. The molecule has 0 aromatic heterocycles. The maximum atomic E-state index is 14.2. The van der Waals surface area contributed by atoms with Crippen LogP contribution >= 0.6 is 0 Å². The van der Waals surface area contributed by atoms with Crippen LogP contribution in [0.4, 0.5) is 4.79 Å². The summed E-state index contributed by atoms with van der Waals surface area (Å²) in [7, 11) is 0. The van der Waals surface area contributed by atoms with Gasteiger partial charge in [-0.25, -0.2) is 4.79 Å². The molecule has 7 heteroatoms. The number of hydrogen-bond acceptors (Lipinski definition) is 6. The number of benzene rings is 5. The molecule has 0 spiro atoms. The van der Waals surface area contributed by atoms with E-state index in [1.54, 1.807) is 11.0 Å². The van der Waals surface area contributed by atoms with E-state index in [9.17, 15) is 9.59 Å². The Morgan fingerprint density at radius 2 is 0.904 bits per heavy atom. The normalized spacial score (nSPS) is 13.2. The van der Waals surface area contributed by atoms with E-state index in [0.29, 0.717) is 0 Å². The van der Waals surface area contributed by atoms with Gasteiger partial charge in [-0.15, -0.1) is 6.58 Å². The number of ketones is 1. The minimum absolute atomic E-state index is 0.0655. The van der Waals surface area contributed by atoms with E-state index >= 15 is 0 Å². The van der Waals surface area contributed by atoms with E-state index in [-0.39, 0.29) is 38.8 Å². The molecule has 266 valence electrons. The van der Waals surface area contributed by atoms with Crippen LogP contribution in [0.1, 0.15) is 27.8 Å². The molecule has 5 aromatic carbocycles. The lowest BCUT2D eigenvalue weighted by Gasteiger charge is -2.40. The van der Waals surface area contributed by atoms with Gasteiger partial charge in [-0.2, -0.15) is 0 Å². The molecule has 0 radical (unpaired) electrons. The lowest BCUT2D eigenvalue weighted by Crippen LogP contribution is -2.56. The van der Waals surface area contributed by atoms with Crippen molar-refractivity contribution in [2.45, 2.75) is 57.3 Å². The van der Waals surface area contributed by atoms with Gasteiger partial charge in [0.1, 0.15) is 24.9 Å². The van der Waals surface area contributed by atoms with E-state index in [2.05, 4.69) is 13.2 Å². The van der Waals surface area contributed by atoms with Gasteiger partial charge >= 0.3 is 6.09 Å². The van der Waals surface area contributed by atoms with Crippen LogP contribution in [0.25, 0.3) is 0 Å². The second-order valence-corrected chi connectivity index (χ2v) is 12.2. The SMILES string of the molecule is C=CC(=O)[C@@H](OCc1ccccc1)[C@H](OCc1ccccc1)[C@@H](OCc1ccccc1)[C@@H](C=C)N(Cc1ccccc1)C(=O)OCc1ccccc1. The fourth-order valence-electron chi connectivity index (χ4n) is 5.80. The number of carbonyl (C=O) groups excluding carboxylic acids is 2. The molecular weight excluding hydrogens is 650 g/mol. The third-order valence-electron chi connectivity index (χ3n) is 8.52. The number of ether oxygens (including phenoxy) is 4. The average Bonchev–Trinajstić information content (AvgIpc) is 3.21. The summed E-state index contributed by atoms with van der Waals surface area (Å²) in [6, 6.07) is 47.2. The minimum atomic E-state index is -1.15. The van der Waals surface area contributed by atoms with Crippen molar-refractivity contribution < 1.29 is 28.5 Å². The lowest BCUT2D eigenvalue weighted by atomic mass is 9.95. The summed E-state index contributed by atoms with van der Waals surface area (Å²) >= 11 is 0. The van der Waals surface area contributed by atoms with Crippen LogP contribution < -0.4 is 0 Å². The Balaban J connectivity index is 1.57. The van der Waals surface area contributed by atoms with E-state index in [1.807, 2.05) is 152 Å². The number of rotatable bonds is 20. The van der Waals surface area contributed by atoms with Gasteiger partial charge in [0.2, 0.25) is 0 Å². The number of carbonyl (C=O) groups is 2. The summed E-state index contributed by atoms with van der Waals surface area (Å²) < 4.78 is 25.8. The van der Waals surface area contributed by atoms with E-state index in [4.69, 9.17) is 18.9 Å². The summed E-state index contributed by atoms with van der Waals surface area (Å²) in [6.07, 6.45) is -0.830. The molecule has 1 amide bonds. The highest BCUT2D eigenvalue weighted by Crippen LogP contribution is 2.27. The van der Waals surface area contributed by atoms with Crippen molar-refractivity contribution in [3.05, 3.63) is 205 Å². The van der Waals surface area contributed by atoms with Gasteiger partial charge in [0.25, 0.3) is 0 Å². The van der Waals surface area contributed by atoms with Gasteiger partial charge < -0.3 is 18.9 Å². The summed E-state index contributed by atoms with van der Waals surface area (Å²) in [5, 5.41) is 0. The molecule has 0 bridgehead atoms. The Morgan fingerprint density at radius 3 is 1.33 bits per heavy atom. The molecule has 0 saturated carbocycles. The number of hydrogen-bond donors (Lipinski definition) is 0. The fraction of sp³-hybridized carbons (Fsp3) is 0.200. The Morgan fingerprint density at radius 1 is 0.519 bits per heavy atom. The summed E-state index contributed by atoms with van der Waals surface area (Å²) in [4.78, 5) is 29.6. The van der Waals surface area contributed by atoms with Gasteiger partial charge in [0, 0.05) is 6.54 Å². The zero-order valence-electron chi connectivity index (χ0n) is 29.2. The van der Waals surface area contributed by atoms with Crippen molar-refractivity contribution in [3.63, 3.8) is 0 Å². The molecule has 0 fully saturated rings. The third-order valence-corrected chi connectivity index (χ3v) is 8.52. The highest BCUT2D eigenvalue weighted by atomic mass is 16.6. The van der Waals surface area contributed by atoms with Crippen molar-refractivity contribution in [1.29, 1.82) is 0 Å². The van der Waals surface area contributed by atoms with Gasteiger partial charge in [-0.05, 0) is 33.9 Å². The molecule has 0 aliphatic rings. The van der Waals surface area contributed by atoms with Crippen LogP contribution in [-0.2, 0) is 56.7 Å². The van der Waals surface area contributed by atoms with Gasteiger partial charge in [-0.1, -0.05) is 164 Å². The third kappa shape index (κ3) is 11.2. The predicted molar refractivity (Wildman–Crippen MR) is 203 cm³/mol. The highest BCUT2D eigenvalue weighted by molar-refractivity contribution is 5.93. The fourth-order valence-corrected chi connectivity index (χ4v) is 5.80. The molecule has 7 nitrogen and oxygen atoms in total. The van der Waals surface area contributed by atoms with Gasteiger partial charge in [0.05, 0.1) is 25.9 Å². The molecule has 0 unspecified atom stereocenters. The summed E-state index contributed by atoms with van der Waals surface area (Å²) in [5.74, 6) is -0.383. The molecule has 4 atom stereocenters. The molecule has 5 rings (SSSR count). The first kappa shape index (κ1) is 37.7. The minimum Gasteiger partial charge on any atom is -0.445 e. The van der Waals surface area contributed by atoms with Crippen LogP contribution in [0.3, 0.4) is 0 Å². The van der Waals surface area contributed by atoms with Crippen molar-refractivity contribution in [2.24, 2.45) is 0 Å². The van der Waals surface area contributed by atoms with E-state index in [1.165, 1.54) is 6.08 Å². The zero-order valence-corrected chi connectivity index (χ0v) is 29.2. The summed E-state index contributed by atoms with van der Waals surface area (Å²) in [5.41, 5.74) is 4.38. The molecule has 5 aromatic rings. The Labute approximate surface area is 306 Å². The zero-order chi connectivity index (χ0) is 36.4. The second kappa shape index (κ2) is 20.3. The Bertz CT molecular complexity index is 1800. The lowest BCUT2D eigenvalue weighted by molar-refractivity contribution is -0.171. The Hall–Kier alpha value is -5.60. The second-order valence-electron chi connectivity index (χ2n) is 12.2. The van der Waals surface area contributed by atoms with Crippen LogP contribution in [0.2, 0.25) is 0 Å². The smallest absolute Gasteiger partial charge is 0.410 e. The van der Waals surface area contributed by atoms with Gasteiger partial charge in [-0.3, -0.25) is 9.69 Å². The summed E-state index contributed by atoms with van der Waals surface area (Å²) in [6.45, 7) is 8.66. The van der Waals surface area contributed by atoms with Crippen LogP contribution in [-0.4, -0.2) is 41.1 Å². The average molecular weight is 696 g/mol. The molecule has 0 aliphatic carbocycles. The maximum absolute atomic E-state index is 14.2. The van der Waals surface area contributed by atoms with Crippen LogP contribution in [0, 0.1) is 0 Å². The standard InChI is InChI=1S/C45H45NO6/c1-3-40(46(30-35-20-10-5-11-21-35)45(48)52-34-39-28-18-9-19-29-39)42(49-31-36-22-12-6-13-23-36)44(51-33-38-26-16-8-17-27-38)43(41(47)4-2)50-32-37-24-14-7-15-25-37/h3-29,40,42-44H,1-2,30-34H2/t40-,42+,43-,44-/m1/s1. The van der Waals surface area contributed by atoms with Crippen molar-refractivity contribution >= 4 is 11.9 Å². The largest absolute Gasteiger partial charge is 0.445 e. The maximum Gasteiger partial charge on any atom is 0.410 e. The first-order valence-corrected chi connectivity index (χ1v) is 17.3. The quantitative estimate of drug-likeness (QED) is 0.0598. The molecule has 0 saturated heterocycles. The molecule has 0 aliphatic heterocycles. The van der Waals surface area contributed by atoms with E-state index in [0.717, 1.165) is 27.8 Å². The monoisotopic (exact) mass is 695 g/mol. The van der Waals surface area contributed by atoms with Crippen LogP contribution in [0.5, 0.6) is 0 Å². The van der Waals surface area contributed by atoms with Gasteiger partial charge in [0.15, 0.2) is 5.78 Å². The number of nitrogens with zero attached hydrogens (tertiary/aromatic N) is 1. The van der Waals surface area contributed by atoms with E-state index < -0.39 is 30.4 Å². The highest BCUT2D eigenvalue weighted by Gasteiger charge is 2.43. The molecule has 0 N–H and O–H groups in total. The van der Waals surface area contributed by atoms with Crippen molar-refractivity contribution in [1.82, 2.24) is 4.90 Å².